The monoisotopic (exact) mass is 209 g/mol. The molecule has 0 aromatic heterocycles. The molecule has 15 heavy (non-hydrogen) atoms. The Morgan fingerprint density at radius 3 is 2.67 bits per heavy atom. The first-order valence-electron chi connectivity index (χ1n) is 5.78. The van der Waals surface area contributed by atoms with Gasteiger partial charge in [0.25, 0.3) is 0 Å². The number of nitrogens with one attached hydrogen (secondary N) is 1. The Hall–Kier alpha value is -0.890. The summed E-state index contributed by atoms with van der Waals surface area (Å²) in [5, 5.41) is 3.26. The fourth-order valence-corrected chi connectivity index (χ4v) is 1.54. The molecule has 1 nitrogen and oxygen atoms in total. The highest BCUT2D eigenvalue weighted by Crippen LogP contribution is 2.05. The van der Waals surface area contributed by atoms with Gasteiger partial charge in [-0.05, 0) is 19.0 Å². The van der Waals surface area contributed by atoms with Crippen molar-refractivity contribution in [2.45, 2.75) is 39.2 Å². The van der Waals surface area contributed by atoms with Crippen molar-refractivity contribution in [3.63, 3.8) is 0 Å². The van der Waals surface area contributed by atoms with Crippen LogP contribution in [0, 0.1) is 5.82 Å². The Labute approximate surface area is 91.7 Å². The molecule has 0 bridgehead atoms. The SMILES string of the molecule is CCCCCCNCc1ccccc1F. The lowest BCUT2D eigenvalue weighted by molar-refractivity contribution is 0.567. The molecule has 0 spiro atoms. The lowest BCUT2D eigenvalue weighted by Crippen LogP contribution is -2.15. The Morgan fingerprint density at radius 1 is 1.13 bits per heavy atom. The van der Waals surface area contributed by atoms with Gasteiger partial charge in [-0.1, -0.05) is 44.4 Å². The van der Waals surface area contributed by atoms with Crippen molar-refractivity contribution in [1.29, 1.82) is 0 Å². The second kappa shape index (κ2) is 7.41. The van der Waals surface area contributed by atoms with Crippen LogP contribution in [0.3, 0.4) is 0 Å². The highest BCUT2D eigenvalue weighted by Gasteiger charge is 1.98. The molecule has 2 heteroatoms. The number of hydrogen-bond donors (Lipinski definition) is 1. The molecule has 0 saturated carbocycles. The van der Waals surface area contributed by atoms with Crippen molar-refractivity contribution in [3.8, 4) is 0 Å². The van der Waals surface area contributed by atoms with E-state index in [0.717, 1.165) is 12.1 Å². The van der Waals surface area contributed by atoms with Gasteiger partial charge in [-0.25, -0.2) is 4.39 Å². The second-order valence-electron chi connectivity index (χ2n) is 3.83. The summed E-state index contributed by atoms with van der Waals surface area (Å²) in [6.45, 7) is 3.82. The van der Waals surface area contributed by atoms with Crippen LogP contribution < -0.4 is 5.32 Å². The molecule has 0 atom stereocenters. The highest BCUT2D eigenvalue weighted by molar-refractivity contribution is 5.16. The molecule has 0 aliphatic rings. The van der Waals surface area contributed by atoms with E-state index >= 15 is 0 Å². The minimum absolute atomic E-state index is 0.112. The molecule has 1 aromatic rings. The van der Waals surface area contributed by atoms with Gasteiger partial charge >= 0.3 is 0 Å². The number of hydrogen-bond acceptors (Lipinski definition) is 1. The molecule has 1 aromatic carbocycles. The highest BCUT2D eigenvalue weighted by atomic mass is 19.1. The van der Waals surface area contributed by atoms with Crippen LogP contribution in [0.15, 0.2) is 24.3 Å². The molecular formula is C13H20FN. The Balaban J connectivity index is 2.12. The summed E-state index contributed by atoms with van der Waals surface area (Å²) in [5.41, 5.74) is 0.757. The fourth-order valence-electron chi connectivity index (χ4n) is 1.54. The number of unbranched alkanes of at least 4 members (excludes halogenated alkanes) is 3. The standard InChI is InChI=1S/C13H20FN/c1-2-3-4-7-10-15-11-12-8-5-6-9-13(12)14/h5-6,8-9,15H,2-4,7,10-11H2,1H3. The lowest BCUT2D eigenvalue weighted by atomic mass is 10.2. The van der Waals surface area contributed by atoms with E-state index in [1.807, 2.05) is 12.1 Å². The summed E-state index contributed by atoms with van der Waals surface area (Å²) in [5.74, 6) is -0.112. The van der Waals surface area contributed by atoms with Crippen LogP contribution in [0.1, 0.15) is 38.2 Å². The molecule has 84 valence electrons. The predicted molar refractivity (Wildman–Crippen MR) is 62.2 cm³/mol. The van der Waals surface area contributed by atoms with Crippen molar-refractivity contribution >= 4 is 0 Å². The van der Waals surface area contributed by atoms with Gasteiger partial charge in [0, 0.05) is 12.1 Å². The average Bonchev–Trinajstić information content (AvgIpc) is 2.25. The maximum Gasteiger partial charge on any atom is 0.127 e. The topological polar surface area (TPSA) is 12.0 Å². The molecule has 0 fully saturated rings. The summed E-state index contributed by atoms with van der Waals surface area (Å²) >= 11 is 0. The van der Waals surface area contributed by atoms with Crippen molar-refractivity contribution in [1.82, 2.24) is 5.32 Å². The van der Waals surface area contributed by atoms with Crippen LogP contribution in [0.4, 0.5) is 4.39 Å². The van der Waals surface area contributed by atoms with Crippen LogP contribution in [-0.2, 0) is 6.54 Å². The van der Waals surface area contributed by atoms with E-state index in [-0.39, 0.29) is 5.82 Å². The Kier molecular flexibility index (Phi) is 6.02. The van der Waals surface area contributed by atoms with Gasteiger partial charge in [0.1, 0.15) is 5.82 Å². The molecule has 0 radical (unpaired) electrons. The van der Waals surface area contributed by atoms with Crippen LogP contribution in [0.2, 0.25) is 0 Å². The van der Waals surface area contributed by atoms with Crippen LogP contribution in [0.25, 0.3) is 0 Å². The van der Waals surface area contributed by atoms with E-state index in [1.165, 1.54) is 31.7 Å². The normalized spacial score (nSPS) is 10.5. The van der Waals surface area contributed by atoms with E-state index in [9.17, 15) is 4.39 Å². The maximum atomic E-state index is 13.2. The average molecular weight is 209 g/mol. The van der Waals surface area contributed by atoms with Gasteiger partial charge in [-0.2, -0.15) is 0 Å². The molecule has 0 saturated heterocycles. The molecule has 1 rings (SSSR count). The number of halogens is 1. The van der Waals surface area contributed by atoms with Crippen molar-refractivity contribution < 1.29 is 4.39 Å². The first-order chi connectivity index (χ1) is 7.34. The Morgan fingerprint density at radius 2 is 1.93 bits per heavy atom. The summed E-state index contributed by atoms with van der Waals surface area (Å²) in [6.07, 6.45) is 5.00. The van der Waals surface area contributed by atoms with Crippen LogP contribution in [0.5, 0.6) is 0 Å². The van der Waals surface area contributed by atoms with Gasteiger partial charge in [0.2, 0.25) is 0 Å². The van der Waals surface area contributed by atoms with Crippen LogP contribution in [-0.4, -0.2) is 6.54 Å². The van der Waals surface area contributed by atoms with Gasteiger partial charge in [-0.15, -0.1) is 0 Å². The zero-order valence-corrected chi connectivity index (χ0v) is 9.43. The van der Waals surface area contributed by atoms with Gasteiger partial charge < -0.3 is 5.32 Å². The summed E-state index contributed by atoms with van der Waals surface area (Å²) < 4.78 is 13.2. The van der Waals surface area contributed by atoms with Gasteiger partial charge in [0.15, 0.2) is 0 Å². The molecule has 0 heterocycles. The molecule has 0 aliphatic heterocycles. The first kappa shape index (κ1) is 12.2. The van der Waals surface area contributed by atoms with E-state index in [2.05, 4.69) is 12.2 Å². The second-order valence-corrected chi connectivity index (χ2v) is 3.83. The van der Waals surface area contributed by atoms with Crippen molar-refractivity contribution in [3.05, 3.63) is 35.6 Å². The first-order valence-corrected chi connectivity index (χ1v) is 5.78. The van der Waals surface area contributed by atoms with Crippen LogP contribution >= 0.6 is 0 Å². The number of benzene rings is 1. The van der Waals surface area contributed by atoms with Gasteiger partial charge in [0.05, 0.1) is 0 Å². The minimum Gasteiger partial charge on any atom is -0.313 e. The lowest BCUT2D eigenvalue weighted by Gasteiger charge is -2.05. The smallest absolute Gasteiger partial charge is 0.127 e. The summed E-state index contributed by atoms with van der Waals surface area (Å²) in [6, 6.07) is 6.93. The summed E-state index contributed by atoms with van der Waals surface area (Å²) in [7, 11) is 0. The zero-order valence-electron chi connectivity index (χ0n) is 9.43. The molecular weight excluding hydrogens is 189 g/mol. The molecule has 0 amide bonds. The minimum atomic E-state index is -0.112. The number of rotatable bonds is 7. The van der Waals surface area contributed by atoms with E-state index in [0.29, 0.717) is 6.54 Å². The van der Waals surface area contributed by atoms with E-state index in [4.69, 9.17) is 0 Å². The van der Waals surface area contributed by atoms with E-state index in [1.54, 1.807) is 6.07 Å². The van der Waals surface area contributed by atoms with E-state index < -0.39 is 0 Å². The van der Waals surface area contributed by atoms with Crippen molar-refractivity contribution in [2.75, 3.05) is 6.54 Å². The van der Waals surface area contributed by atoms with Gasteiger partial charge in [-0.3, -0.25) is 0 Å². The third-order valence-corrected chi connectivity index (χ3v) is 2.48. The van der Waals surface area contributed by atoms with Crippen molar-refractivity contribution in [2.24, 2.45) is 0 Å². The summed E-state index contributed by atoms with van der Waals surface area (Å²) in [4.78, 5) is 0. The maximum absolute atomic E-state index is 13.2. The third-order valence-electron chi connectivity index (χ3n) is 2.48. The molecule has 0 aliphatic carbocycles. The quantitative estimate of drug-likeness (QED) is 0.678. The fraction of sp³-hybridized carbons (Fsp3) is 0.538. The Bertz CT molecular complexity index is 273. The zero-order chi connectivity index (χ0) is 10.9. The predicted octanol–water partition coefficient (Wildman–Crippen LogP) is 3.50. The molecule has 1 N–H and O–H groups in total. The largest absolute Gasteiger partial charge is 0.313 e. The molecule has 0 unspecified atom stereocenters. The third kappa shape index (κ3) is 4.93.